The number of hydrogen-bond donors (Lipinski definition) is 3. The molecular weight excluding hydrogens is 472 g/mol. The van der Waals surface area contributed by atoms with Crippen LogP contribution in [0.25, 0.3) is 0 Å². The van der Waals surface area contributed by atoms with Gasteiger partial charge in [0.25, 0.3) is 0 Å². The van der Waals surface area contributed by atoms with Gasteiger partial charge in [0.1, 0.15) is 17.7 Å². The third-order valence-electron chi connectivity index (χ3n) is 5.92. The summed E-state index contributed by atoms with van der Waals surface area (Å²) in [5.74, 6) is -1.62. The Morgan fingerprint density at radius 1 is 1.00 bits per heavy atom. The average Bonchev–Trinajstić information content (AvgIpc) is 2.78. The van der Waals surface area contributed by atoms with E-state index in [9.17, 15) is 19.2 Å². The van der Waals surface area contributed by atoms with Gasteiger partial charge in [-0.3, -0.25) is 14.4 Å². The molecule has 9 nitrogen and oxygen atoms in total. The largest absolute Gasteiger partial charge is 0.444 e. The van der Waals surface area contributed by atoms with Gasteiger partial charge in [0.2, 0.25) is 17.7 Å². The molecule has 0 aliphatic carbocycles. The van der Waals surface area contributed by atoms with Crippen molar-refractivity contribution in [1.82, 2.24) is 15.5 Å². The zero-order chi connectivity index (χ0) is 28.2. The van der Waals surface area contributed by atoms with Crippen LogP contribution in [0.2, 0.25) is 0 Å². The predicted molar refractivity (Wildman–Crippen MR) is 145 cm³/mol. The third kappa shape index (κ3) is 11.2. The number of alkyl carbamates (subject to hydrolysis) is 1. The van der Waals surface area contributed by atoms with Gasteiger partial charge in [-0.1, -0.05) is 51.3 Å². The van der Waals surface area contributed by atoms with Crippen LogP contribution in [0.4, 0.5) is 4.79 Å². The molecule has 0 aromatic heterocycles. The fourth-order valence-electron chi connectivity index (χ4n) is 3.84. The molecule has 0 heterocycles. The van der Waals surface area contributed by atoms with Crippen molar-refractivity contribution in [1.29, 1.82) is 0 Å². The van der Waals surface area contributed by atoms with E-state index in [-0.39, 0.29) is 12.5 Å². The van der Waals surface area contributed by atoms with Gasteiger partial charge in [0.05, 0.1) is 6.42 Å². The molecule has 0 aliphatic heterocycles. The molecule has 2 atom stereocenters. The number of amides is 4. The van der Waals surface area contributed by atoms with Crippen molar-refractivity contribution in [3.05, 3.63) is 34.9 Å². The minimum absolute atomic E-state index is 0.275. The summed E-state index contributed by atoms with van der Waals surface area (Å²) >= 11 is 0. The number of ether oxygens (including phenoxy) is 1. The standard InChI is InChI=1S/C28H46N4O5/c1-8-10-12-16-32(26(35)22(18-23(29)33)31-27(36)37-28(5,6)7)24(25(34)30-15-11-9-2)21-14-13-19(3)20(4)17-21/h13-14,17,22,24H,8-12,15-16,18H2,1-7H3,(H2,29,33)(H,30,34)(H,31,36). The highest BCUT2D eigenvalue weighted by molar-refractivity contribution is 5.94. The molecule has 4 N–H and O–H groups in total. The number of nitrogens with one attached hydrogen (secondary N) is 2. The quantitative estimate of drug-likeness (QED) is 0.320. The summed E-state index contributed by atoms with van der Waals surface area (Å²) in [5, 5.41) is 5.47. The lowest BCUT2D eigenvalue weighted by molar-refractivity contribution is -0.143. The molecule has 0 fully saturated rings. The van der Waals surface area contributed by atoms with Crippen LogP contribution in [0.15, 0.2) is 18.2 Å². The van der Waals surface area contributed by atoms with Crippen LogP contribution >= 0.6 is 0 Å². The molecule has 2 unspecified atom stereocenters. The van der Waals surface area contributed by atoms with Crippen LogP contribution in [0.5, 0.6) is 0 Å². The van der Waals surface area contributed by atoms with E-state index in [2.05, 4.69) is 10.6 Å². The Balaban J connectivity index is 3.50. The molecule has 4 amide bonds. The maximum atomic E-state index is 13.9. The van der Waals surface area contributed by atoms with Crippen LogP contribution in [0.3, 0.4) is 0 Å². The minimum Gasteiger partial charge on any atom is -0.444 e. The Morgan fingerprint density at radius 3 is 2.19 bits per heavy atom. The van der Waals surface area contributed by atoms with Gasteiger partial charge in [-0.15, -0.1) is 0 Å². The number of nitrogens with zero attached hydrogens (tertiary/aromatic N) is 1. The second kappa shape index (κ2) is 15.2. The lowest BCUT2D eigenvalue weighted by Gasteiger charge is -2.34. The molecule has 1 aromatic rings. The molecule has 9 heteroatoms. The second-order valence-electron chi connectivity index (χ2n) is 10.5. The number of carbonyl (C=O) groups is 4. The molecular formula is C28H46N4O5. The highest BCUT2D eigenvalue weighted by atomic mass is 16.6. The van der Waals surface area contributed by atoms with Crippen molar-refractivity contribution in [2.75, 3.05) is 13.1 Å². The maximum absolute atomic E-state index is 13.9. The van der Waals surface area contributed by atoms with Gasteiger partial charge in [-0.25, -0.2) is 4.79 Å². The molecule has 0 aliphatic rings. The molecule has 1 rings (SSSR count). The van der Waals surface area contributed by atoms with Crippen molar-refractivity contribution in [3.8, 4) is 0 Å². The Labute approximate surface area is 221 Å². The fraction of sp³-hybridized carbons (Fsp3) is 0.643. The molecule has 1 aromatic carbocycles. The van der Waals surface area contributed by atoms with Gasteiger partial charge in [0, 0.05) is 13.1 Å². The Morgan fingerprint density at radius 2 is 1.65 bits per heavy atom. The van der Waals surface area contributed by atoms with E-state index < -0.39 is 42.0 Å². The topological polar surface area (TPSA) is 131 Å². The van der Waals surface area contributed by atoms with Crippen molar-refractivity contribution in [2.45, 2.75) is 105 Å². The lowest BCUT2D eigenvalue weighted by atomic mass is 9.97. The minimum atomic E-state index is -1.27. The third-order valence-corrected chi connectivity index (χ3v) is 5.92. The second-order valence-corrected chi connectivity index (χ2v) is 10.5. The van der Waals surface area contributed by atoms with Gasteiger partial charge in [-0.05, 0) is 64.2 Å². The highest BCUT2D eigenvalue weighted by Crippen LogP contribution is 2.26. The SMILES string of the molecule is CCCCCN(C(=O)C(CC(N)=O)NC(=O)OC(C)(C)C)C(C(=O)NCCCC)c1ccc(C)c(C)c1. The normalized spacial score (nSPS) is 12.8. The van der Waals surface area contributed by atoms with E-state index in [1.165, 1.54) is 4.90 Å². The zero-order valence-corrected chi connectivity index (χ0v) is 23.6. The van der Waals surface area contributed by atoms with E-state index >= 15 is 0 Å². The summed E-state index contributed by atoms with van der Waals surface area (Å²) in [7, 11) is 0. The van der Waals surface area contributed by atoms with Crippen LogP contribution in [0.1, 0.15) is 95.9 Å². The van der Waals surface area contributed by atoms with Crippen LogP contribution in [-0.4, -0.2) is 53.4 Å². The number of hydrogen-bond acceptors (Lipinski definition) is 5. The van der Waals surface area contributed by atoms with Gasteiger partial charge in [0.15, 0.2) is 0 Å². The number of rotatable bonds is 14. The first kappa shape index (κ1) is 31.9. The molecule has 37 heavy (non-hydrogen) atoms. The zero-order valence-electron chi connectivity index (χ0n) is 23.6. The number of aryl methyl sites for hydroxylation is 2. The average molecular weight is 519 g/mol. The summed E-state index contributed by atoms with van der Waals surface area (Å²) in [5.41, 5.74) is 7.36. The summed E-state index contributed by atoms with van der Waals surface area (Å²) < 4.78 is 5.31. The summed E-state index contributed by atoms with van der Waals surface area (Å²) in [6.07, 6.45) is 2.88. The monoisotopic (exact) mass is 518 g/mol. The lowest BCUT2D eigenvalue weighted by Crippen LogP contribution is -2.54. The summed E-state index contributed by atoms with van der Waals surface area (Å²) in [6, 6.07) is 3.47. The van der Waals surface area contributed by atoms with E-state index in [0.29, 0.717) is 18.5 Å². The molecule has 0 radical (unpaired) electrons. The van der Waals surface area contributed by atoms with E-state index in [4.69, 9.17) is 10.5 Å². The Bertz CT molecular complexity index is 926. The Hall–Kier alpha value is -3.10. The predicted octanol–water partition coefficient (Wildman–Crippen LogP) is 4.05. The number of nitrogens with two attached hydrogens (primary N) is 1. The number of primary amides is 1. The first-order chi connectivity index (χ1) is 17.3. The highest BCUT2D eigenvalue weighted by Gasteiger charge is 2.36. The molecule has 0 saturated carbocycles. The van der Waals surface area contributed by atoms with Crippen molar-refractivity contribution in [3.63, 3.8) is 0 Å². The van der Waals surface area contributed by atoms with E-state index in [0.717, 1.165) is 36.8 Å². The first-order valence-corrected chi connectivity index (χ1v) is 13.2. The fourth-order valence-corrected chi connectivity index (χ4v) is 3.84. The van der Waals surface area contributed by atoms with Gasteiger partial charge < -0.3 is 26.0 Å². The van der Waals surface area contributed by atoms with Crippen molar-refractivity contribution in [2.24, 2.45) is 5.73 Å². The molecule has 0 saturated heterocycles. The van der Waals surface area contributed by atoms with Crippen LogP contribution in [0, 0.1) is 13.8 Å². The van der Waals surface area contributed by atoms with E-state index in [1.54, 1.807) is 20.8 Å². The number of benzene rings is 1. The first-order valence-electron chi connectivity index (χ1n) is 13.2. The number of unbranched alkanes of at least 4 members (excludes halogenated alkanes) is 3. The molecule has 208 valence electrons. The summed E-state index contributed by atoms with van der Waals surface area (Å²) in [4.78, 5) is 53.4. The number of carbonyl (C=O) groups excluding carboxylic acids is 4. The molecule has 0 bridgehead atoms. The van der Waals surface area contributed by atoms with Crippen molar-refractivity contribution < 1.29 is 23.9 Å². The summed E-state index contributed by atoms with van der Waals surface area (Å²) in [6.45, 7) is 13.9. The van der Waals surface area contributed by atoms with Crippen LogP contribution in [-0.2, 0) is 19.1 Å². The smallest absolute Gasteiger partial charge is 0.408 e. The van der Waals surface area contributed by atoms with Crippen LogP contribution < -0.4 is 16.4 Å². The van der Waals surface area contributed by atoms with Gasteiger partial charge in [-0.2, -0.15) is 0 Å². The Kier molecular flexibility index (Phi) is 13.1. The maximum Gasteiger partial charge on any atom is 0.408 e. The van der Waals surface area contributed by atoms with Crippen molar-refractivity contribution >= 4 is 23.8 Å². The van der Waals surface area contributed by atoms with E-state index in [1.807, 2.05) is 45.9 Å². The van der Waals surface area contributed by atoms with Gasteiger partial charge >= 0.3 is 6.09 Å². The molecule has 0 spiro atoms.